The number of rotatable bonds is 4. The molecular formula is C17H26N4O4S. The molecule has 1 aliphatic rings. The summed E-state index contributed by atoms with van der Waals surface area (Å²) in [5.41, 5.74) is 0.825. The molecule has 0 aliphatic carbocycles. The zero-order valence-electron chi connectivity index (χ0n) is 15.5. The van der Waals surface area contributed by atoms with Gasteiger partial charge in [-0.1, -0.05) is 0 Å². The van der Waals surface area contributed by atoms with Crippen LogP contribution in [0.4, 0.5) is 16.2 Å². The maximum atomic E-state index is 12.1. The summed E-state index contributed by atoms with van der Waals surface area (Å²) in [6.45, 7) is 7.58. The summed E-state index contributed by atoms with van der Waals surface area (Å²) >= 11 is 0. The second-order valence-corrected chi connectivity index (χ2v) is 9.36. The standard InChI is InChI=1S/C17H26N4O4S/c1-12(15(22)19-16(23)20-17(2,3)4)18-13-6-8-14(9-7-13)21-10-5-11-26(21,24)25/h6-9,12,18H,5,10-11H2,1-4H3,(H2,19,20,22,23). The van der Waals surface area contributed by atoms with Crippen LogP contribution in [0.3, 0.4) is 0 Å². The fourth-order valence-corrected chi connectivity index (χ4v) is 4.13. The van der Waals surface area contributed by atoms with E-state index in [-0.39, 0.29) is 5.75 Å². The van der Waals surface area contributed by atoms with Crippen LogP contribution in [0, 0.1) is 0 Å². The molecule has 1 fully saturated rings. The molecule has 144 valence electrons. The van der Waals surface area contributed by atoms with Gasteiger partial charge in [0.25, 0.3) is 0 Å². The quantitative estimate of drug-likeness (QED) is 0.734. The molecule has 2 rings (SSSR count). The number of carbonyl (C=O) groups is 2. The van der Waals surface area contributed by atoms with Crippen molar-refractivity contribution in [2.24, 2.45) is 0 Å². The molecule has 0 bridgehead atoms. The van der Waals surface area contributed by atoms with Crippen LogP contribution in [0.5, 0.6) is 0 Å². The highest BCUT2D eigenvalue weighted by Gasteiger charge is 2.28. The average molecular weight is 382 g/mol. The minimum absolute atomic E-state index is 0.167. The van der Waals surface area contributed by atoms with Gasteiger partial charge in [0.15, 0.2) is 0 Å². The van der Waals surface area contributed by atoms with Crippen LogP contribution in [0.15, 0.2) is 24.3 Å². The molecule has 1 atom stereocenters. The molecule has 1 heterocycles. The number of sulfonamides is 1. The van der Waals surface area contributed by atoms with Crippen LogP contribution in [0.2, 0.25) is 0 Å². The number of nitrogens with zero attached hydrogens (tertiary/aromatic N) is 1. The Morgan fingerprint density at radius 1 is 1.15 bits per heavy atom. The van der Waals surface area contributed by atoms with Crippen LogP contribution in [-0.2, 0) is 14.8 Å². The first-order valence-corrected chi connectivity index (χ1v) is 10.1. The van der Waals surface area contributed by atoms with Crippen molar-refractivity contribution in [1.82, 2.24) is 10.6 Å². The molecule has 0 aromatic heterocycles. The van der Waals surface area contributed by atoms with Crippen LogP contribution >= 0.6 is 0 Å². The first-order chi connectivity index (χ1) is 12.0. The highest BCUT2D eigenvalue weighted by atomic mass is 32.2. The number of hydrogen-bond acceptors (Lipinski definition) is 5. The van der Waals surface area contributed by atoms with E-state index in [1.54, 1.807) is 31.2 Å². The lowest BCUT2D eigenvalue weighted by molar-refractivity contribution is -0.120. The highest BCUT2D eigenvalue weighted by molar-refractivity contribution is 7.93. The van der Waals surface area contributed by atoms with E-state index in [0.717, 1.165) is 0 Å². The van der Waals surface area contributed by atoms with Gasteiger partial charge in [-0.05, 0) is 58.4 Å². The van der Waals surface area contributed by atoms with Gasteiger partial charge in [-0.3, -0.25) is 14.4 Å². The normalized spacial score (nSPS) is 17.5. The molecular weight excluding hydrogens is 356 g/mol. The summed E-state index contributed by atoms with van der Waals surface area (Å²) in [5, 5.41) is 7.93. The molecule has 1 aromatic carbocycles. The topological polar surface area (TPSA) is 108 Å². The first kappa shape index (κ1) is 20.0. The lowest BCUT2D eigenvalue weighted by atomic mass is 10.1. The summed E-state index contributed by atoms with van der Waals surface area (Å²) in [6, 6.07) is 5.63. The molecule has 3 amide bonds. The van der Waals surface area contributed by atoms with E-state index in [0.29, 0.717) is 24.3 Å². The molecule has 0 saturated carbocycles. The molecule has 8 nitrogen and oxygen atoms in total. The van der Waals surface area contributed by atoms with Crippen molar-refractivity contribution in [3.63, 3.8) is 0 Å². The molecule has 1 aromatic rings. The molecule has 1 unspecified atom stereocenters. The maximum Gasteiger partial charge on any atom is 0.321 e. The average Bonchev–Trinajstić information content (AvgIpc) is 2.85. The van der Waals surface area contributed by atoms with E-state index >= 15 is 0 Å². The number of carbonyl (C=O) groups excluding carboxylic acids is 2. The Balaban J connectivity index is 1.94. The van der Waals surface area contributed by atoms with Gasteiger partial charge in [-0.25, -0.2) is 13.2 Å². The van der Waals surface area contributed by atoms with Crippen molar-refractivity contribution >= 4 is 33.3 Å². The lowest BCUT2D eigenvalue weighted by Gasteiger charge is -2.22. The number of hydrogen-bond donors (Lipinski definition) is 3. The van der Waals surface area contributed by atoms with Gasteiger partial charge in [0.05, 0.1) is 11.4 Å². The van der Waals surface area contributed by atoms with Crippen molar-refractivity contribution in [1.29, 1.82) is 0 Å². The molecule has 0 spiro atoms. The van der Waals surface area contributed by atoms with Gasteiger partial charge in [0.2, 0.25) is 15.9 Å². The summed E-state index contributed by atoms with van der Waals surface area (Å²) in [4.78, 5) is 23.8. The lowest BCUT2D eigenvalue weighted by Crippen LogP contribution is -2.51. The fraction of sp³-hybridized carbons (Fsp3) is 0.529. The summed E-state index contributed by atoms with van der Waals surface area (Å²) in [6.07, 6.45) is 0.621. The predicted molar refractivity (Wildman–Crippen MR) is 102 cm³/mol. The minimum Gasteiger partial charge on any atom is -0.374 e. The summed E-state index contributed by atoms with van der Waals surface area (Å²) in [5.74, 6) is -0.293. The number of nitrogens with one attached hydrogen (secondary N) is 3. The third-order valence-electron chi connectivity index (χ3n) is 3.76. The number of anilines is 2. The third-order valence-corrected chi connectivity index (χ3v) is 5.63. The van der Waals surface area contributed by atoms with E-state index in [1.807, 2.05) is 20.8 Å². The molecule has 3 N–H and O–H groups in total. The highest BCUT2D eigenvalue weighted by Crippen LogP contribution is 2.25. The smallest absolute Gasteiger partial charge is 0.321 e. The van der Waals surface area contributed by atoms with Gasteiger partial charge >= 0.3 is 6.03 Å². The minimum atomic E-state index is -3.21. The molecule has 9 heteroatoms. The fourth-order valence-electron chi connectivity index (χ4n) is 2.56. The van der Waals surface area contributed by atoms with Crippen molar-refractivity contribution in [2.75, 3.05) is 21.9 Å². The van der Waals surface area contributed by atoms with Crippen molar-refractivity contribution in [2.45, 2.75) is 45.7 Å². The number of amides is 3. The van der Waals surface area contributed by atoms with E-state index < -0.39 is 33.5 Å². The van der Waals surface area contributed by atoms with E-state index in [1.165, 1.54) is 4.31 Å². The Hall–Kier alpha value is -2.29. The largest absolute Gasteiger partial charge is 0.374 e. The number of benzene rings is 1. The Bertz CT molecular complexity index is 769. The number of urea groups is 1. The van der Waals surface area contributed by atoms with Crippen LogP contribution in [-0.4, -0.2) is 44.2 Å². The van der Waals surface area contributed by atoms with Crippen molar-refractivity contribution in [3.8, 4) is 0 Å². The molecule has 0 radical (unpaired) electrons. The Morgan fingerprint density at radius 2 is 1.77 bits per heavy atom. The Morgan fingerprint density at radius 3 is 2.27 bits per heavy atom. The van der Waals surface area contributed by atoms with Gasteiger partial charge in [-0.2, -0.15) is 0 Å². The Kier molecular flexibility index (Phi) is 5.80. The van der Waals surface area contributed by atoms with Gasteiger partial charge in [0, 0.05) is 17.8 Å². The van der Waals surface area contributed by atoms with Gasteiger partial charge in [-0.15, -0.1) is 0 Å². The monoisotopic (exact) mass is 382 g/mol. The van der Waals surface area contributed by atoms with Gasteiger partial charge < -0.3 is 10.6 Å². The van der Waals surface area contributed by atoms with Gasteiger partial charge in [0.1, 0.15) is 6.04 Å². The zero-order valence-corrected chi connectivity index (χ0v) is 16.3. The molecule has 1 aliphatic heterocycles. The van der Waals surface area contributed by atoms with Crippen LogP contribution in [0.25, 0.3) is 0 Å². The van der Waals surface area contributed by atoms with Crippen LogP contribution < -0.4 is 20.3 Å². The van der Waals surface area contributed by atoms with Crippen molar-refractivity contribution < 1.29 is 18.0 Å². The second-order valence-electron chi connectivity index (χ2n) is 7.35. The Labute approximate surface area is 154 Å². The summed E-state index contributed by atoms with van der Waals surface area (Å²) < 4.78 is 25.3. The maximum absolute atomic E-state index is 12.1. The molecule has 26 heavy (non-hydrogen) atoms. The van der Waals surface area contributed by atoms with E-state index in [2.05, 4.69) is 16.0 Å². The zero-order chi connectivity index (χ0) is 19.5. The van der Waals surface area contributed by atoms with E-state index in [9.17, 15) is 18.0 Å². The predicted octanol–water partition coefficient (Wildman–Crippen LogP) is 1.65. The first-order valence-electron chi connectivity index (χ1n) is 8.48. The third kappa shape index (κ3) is 5.35. The second kappa shape index (κ2) is 7.53. The molecule has 1 saturated heterocycles. The van der Waals surface area contributed by atoms with E-state index in [4.69, 9.17) is 0 Å². The van der Waals surface area contributed by atoms with Crippen molar-refractivity contribution in [3.05, 3.63) is 24.3 Å². The van der Waals surface area contributed by atoms with Crippen LogP contribution in [0.1, 0.15) is 34.1 Å². The SMILES string of the molecule is CC(Nc1ccc(N2CCCS2(=O)=O)cc1)C(=O)NC(=O)NC(C)(C)C. The number of imide groups is 1. The summed E-state index contributed by atoms with van der Waals surface area (Å²) in [7, 11) is -3.21.